The van der Waals surface area contributed by atoms with Gasteiger partial charge in [-0.2, -0.15) is 0 Å². The van der Waals surface area contributed by atoms with E-state index in [1.165, 1.54) is 21.7 Å². The van der Waals surface area contributed by atoms with Crippen molar-refractivity contribution >= 4 is 33.4 Å². The Bertz CT molecular complexity index is 781. The number of piperidine rings is 1. The van der Waals surface area contributed by atoms with Gasteiger partial charge in [-0.25, -0.2) is 9.78 Å². The minimum absolute atomic E-state index is 0.0520. The average Bonchev–Trinajstić information content (AvgIpc) is 3.15. The zero-order chi connectivity index (χ0) is 20.1. The molecule has 28 heavy (non-hydrogen) atoms. The molecule has 0 aliphatic carbocycles. The molecule has 7 heteroatoms. The second kappa shape index (κ2) is 9.47. The third-order valence-electron chi connectivity index (χ3n) is 5.75. The van der Waals surface area contributed by atoms with Gasteiger partial charge in [-0.3, -0.25) is 4.79 Å². The van der Waals surface area contributed by atoms with Crippen molar-refractivity contribution in [1.29, 1.82) is 0 Å². The number of hydrogen-bond donors (Lipinski definition) is 2. The molecule has 1 saturated heterocycles. The first-order valence-corrected chi connectivity index (χ1v) is 10.9. The van der Waals surface area contributed by atoms with Crippen molar-refractivity contribution in [2.45, 2.75) is 45.1 Å². The van der Waals surface area contributed by atoms with Crippen LogP contribution >= 0.6 is 11.3 Å². The normalized spacial score (nSPS) is 21.8. The van der Waals surface area contributed by atoms with Gasteiger partial charge >= 0.3 is 5.97 Å². The van der Waals surface area contributed by atoms with Gasteiger partial charge in [0.05, 0.1) is 35.4 Å². The Morgan fingerprint density at radius 3 is 2.68 bits per heavy atom. The molecule has 2 atom stereocenters. The lowest BCUT2D eigenvalue weighted by Crippen LogP contribution is -3.14. The number of nitrogens with one attached hydrogen (secondary N) is 2. The number of carbonyl (C=O) groups is 2. The van der Waals surface area contributed by atoms with Gasteiger partial charge in [-0.1, -0.05) is 32.4 Å². The number of rotatable bonds is 7. The largest absolute Gasteiger partial charge is 0.467 e. The van der Waals surface area contributed by atoms with Crippen molar-refractivity contribution in [2.24, 2.45) is 5.92 Å². The van der Waals surface area contributed by atoms with Crippen molar-refractivity contribution in [3.63, 3.8) is 0 Å². The summed E-state index contributed by atoms with van der Waals surface area (Å²) in [6, 6.07) is 7.70. The Hall–Kier alpha value is -1.99. The number of benzene rings is 1. The predicted molar refractivity (Wildman–Crippen MR) is 111 cm³/mol. The van der Waals surface area contributed by atoms with E-state index in [0.29, 0.717) is 12.5 Å². The van der Waals surface area contributed by atoms with E-state index in [-0.39, 0.29) is 17.8 Å². The standard InChI is InChI=1S/C21H29N3O3S/c1-4-14(2)19(21(26)27-3)23-18(25)13-24-11-9-15(10-12-24)20-22-16-7-5-6-8-17(16)28-20/h5-8,14-15,19H,4,9-13H2,1-3H3,(H,23,25)/p+1/t14-,19-/m1/s1. The highest BCUT2D eigenvalue weighted by molar-refractivity contribution is 7.18. The summed E-state index contributed by atoms with van der Waals surface area (Å²) in [4.78, 5) is 30.5. The molecule has 152 valence electrons. The number of quaternary nitrogens is 1. The summed E-state index contributed by atoms with van der Waals surface area (Å²) >= 11 is 1.79. The SMILES string of the molecule is CC[C@@H](C)[C@@H](NC(=O)C[NH+]1CCC(c2nc3ccccc3s2)CC1)C(=O)OC. The third-order valence-corrected chi connectivity index (χ3v) is 6.95. The number of thiazole rings is 1. The lowest BCUT2D eigenvalue weighted by Gasteiger charge is -2.29. The molecule has 2 heterocycles. The molecule has 2 N–H and O–H groups in total. The first kappa shape index (κ1) is 20.7. The van der Waals surface area contributed by atoms with E-state index in [1.807, 2.05) is 19.9 Å². The van der Waals surface area contributed by atoms with Crippen LogP contribution in [0.2, 0.25) is 0 Å². The zero-order valence-corrected chi connectivity index (χ0v) is 17.7. The van der Waals surface area contributed by atoms with Gasteiger partial charge in [-0.15, -0.1) is 11.3 Å². The van der Waals surface area contributed by atoms with Crippen LogP contribution in [-0.2, 0) is 14.3 Å². The molecule has 0 bridgehead atoms. The number of para-hydroxylation sites is 1. The number of ether oxygens (including phenoxy) is 1. The molecule has 3 rings (SSSR count). The van der Waals surface area contributed by atoms with E-state index in [9.17, 15) is 9.59 Å². The summed E-state index contributed by atoms with van der Waals surface area (Å²) < 4.78 is 6.09. The Morgan fingerprint density at radius 2 is 2.04 bits per heavy atom. The van der Waals surface area contributed by atoms with Crippen LogP contribution in [0, 0.1) is 5.92 Å². The van der Waals surface area contributed by atoms with Gasteiger partial charge in [0.15, 0.2) is 6.54 Å². The number of hydrogen-bond acceptors (Lipinski definition) is 5. The number of fused-ring (bicyclic) bond motifs is 1. The first-order valence-electron chi connectivity index (χ1n) is 10.1. The van der Waals surface area contributed by atoms with Crippen molar-refractivity contribution in [3.8, 4) is 0 Å². The maximum absolute atomic E-state index is 12.5. The smallest absolute Gasteiger partial charge is 0.328 e. The van der Waals surface area contributed by atoms with E-state index in [4.69, 9.17) is 9.72 Å². The first-order chi connectivity index (χ1) is 13.5. The van der Waals surface area contributed by atoms with Crippen LogP contribution < -0.4 is 10.2 Å². The number of likely N-dealkylation sites (tertiary alicyclic amines) is 1. The fourth-order valence-corrected chi connectivity index (χ4v) is 4.90. The summed E-state index contributed by atoms with van der Waals surface area (Å²) in [6.45, 7) is 6.25. The minimum atomic E-state index is -0.567. The van der Waals surface area contributed by atoms with E-state index in [1.54, 1.807) is 11.3 Å². The fourth-order valence-electron chi connectivity index (χ4n) is 3.76. The fraction of sp³-hybridized carbons (Fsp3) is 0.571. The van der Waals surface area contributed by atoms with Crippen molar-refractivity contribution in [3.05, 3.63) is 29.3 Å². The van der Waals surface area contributed by atoms with E-state index < -0.39 is 6.04 Å². The number of aromatic nitrogens is 1. The molecular weight excluding hydrogens is 374 g/mol. The lowest BCUT2D eigenvalue weighted by atomic mass is 9.97. The molecule has 0 saturated carbocycles. The Labute approximate surface area is 170 Å². The molecule has 1 aliphatic rings. The number of amides is 1. The second-order valence-corrected chi connectivity index (χ2v) is 8.74. The van der Waals surface area contributed by atoms with Gasteiger partial charge < -0.3 is 15.0 Å². The molecule has 0 spiro atoms. The number of carbonyl (C=O) groups excluding carboxylic acids is 2. The van der Waals surface area contributed by atoms with Gasteiger partial charge in [0.25, 0.3) is 5.91 Å². The van der Waals surface area contributed by atoms with Crippen LogP contribution in [0.3, 0.4) is 0 Å². The van der Waals surface area contributed by atoms with E-state index in [2.05, 4.69) is 23.5 Å². The predicted octanol–water partition coefficient (Wildman–Crippen LogP) is 1.76. The summed E-state index contributed by atoms with van der Waals surface area (Å²) in [5, 5.41) is 4.10. The lowest BCUT2D eigenvalue weighted by molar-refractivity contribution is -0.897. The van der Waals surface area contributed by atoms with Crippen molar-refractivity contribution in [2.75, 3.05) is 26.7 Å². The van der Waals surface area contributed by atoms with Crippen LogP contribution in [0.4, 0.5) is 0 Å². The molecule has 2 aromatic rings. The summed E-state index contributed by atoms with van der Waals surface area (Å²) in [5.74, 6) is 0.0831. The van der Waals surface area contributed by atoms with Crippen LogP contribution in [0.15, 0.2) is 24.3 Å². The van der Waals surface area contributed by atoms with Gasteiger partial charge in [0.1, 0.15) is 6.04 Å². The summed E-state index contributed by atoms with van der Waals surface area (Å²) in [5.41, 5.74) is 1.08. The third kappa shape index (κ3) is 4.89. The van der Waals surface area contributed by atoms with Crippen LogP contribution in [0.25, 0.3) is 10.2 Å². The average molecular weight is 405 g/mol. The molecule has 1 aromatic heterocycles. The van der Waals surface area contributed by atoms with Crippen LogP contribution in [0.5, 0.6) is 0 Å². The van der Waals surface area contributed by atoms with Gasteiger partial charge in [0, 0.05) is 18.8 Å². The molecule has 6 nitrogen and oxygen atoms in total. The molecule has 1 fully saturated rings. The highest BCUT2D eigenvalue weighted by atomic mass is 32.1. The van der Waals surface area contributed by atoms with Crippen molar-refractivity contribution < 1.29 is 19.2 Å². The molecule has 1 aliphatic heterocycles. The van der Waals surface area contributed by atoms with Gasteiger partial charge in [0.2, 0.25) is 0 Å². The summed E-state index contributed by atoms with van der Waals surface area (Å²) in [7, 11) is 1.36. The molecule has 0 unspecified atom stereocenters. The van der Waals surface area contributed by atoms with Crippen LogP contribution in [-0.4, -0.2) is 49.6 Å². The monoisotopic (exact) mass is 404 g/mol. The van der Waals surface area contributed by atoms with Gasteiger partial charge in [-0.05, 0) is 18.1 Å². The Balaban J connectivity index is 1.51. The summed E-state index contributed by atoms with van der Waals surface area (Å²) in [6.07, 6.45) is 2.88. The van der Waals surface area contributed by atoms with Crippen LogP contribution in [0.1, 0.15) is 44.0 Å². The quantitative estimate of drug-likeness (QED) is 0.690. The highest BCUT2D eigenvalue weighted by Crippen LogP contribution is 2.31. The molecule has 1 aromatic carbocycles. The van der Waals surface area contributed by atoms with Crippen molar-refractivity contribution in [1.82, 2.24) is 10.3 Å². The molecular formula is C21H30N3O3S+. The molecule has 0 radical (unpaired) electrons. The number of nitrogens with zero attached hydrogens (tertiary/aromatic N) is 1. The maximum atomic E-state index is 12.5. The number of methoxy groups -OCH3 is 1. The van der Waals surface area contributed by atoms with E-state index >= 15 is 0 Å². The zero-order valence-electron chi connectivity index (χ0n) is 16.9. The Morgan fingerprint density at radius 1 is 1.32 bits per heavy atom. The Kier molecular flexibility index (Phi) is 7.02. The topological polar surface area (TPSA) is 72.7 Å². The maximum Gasteiger partial charge on any atom is 0.328 e. The van der Waals surface area contributed by atoms with E-state index in [0.717, 1.165) is 37.9 Å². The number of esters is 1. The molecule has 1 amide bonds. The minimum Gasteiger partial charge on any atom is -0.467 e. The highest BCUT2D eigenvalue weighted by Gasteiger charge is 2.30. The second-order valence-electron chi connectivity index (χ2n) is 7.67.